The molecular formula is C17H20ClNO3. The fourth-order valence-electron chi connectivity index (χ4n) is 3.36. The minimum absolute atomic E-state index is 0.0933. The Labute approximate surface area is 135 Å². The van der Waals surface area contributed by atoms with Crippen LogP contribution in [0.5, 0.6) is 0 Å². The van der Waals surface area contributed by atoms with Crippen molar-refractivity contribution in [3.05, 3.63) is 34.9 Å². The van der Waals surface area contributed by atoms with Crippen LogP contribution in [0.3, 0.4) is 0 Å². The number of amides is 2. The normalized spacial score (nSPS) is 28.9. The highest BCUT2D eigenvalue weighted by Crippen LogP contribution is 2.31. The summed E-state index contributed by atoms with van der Waals surface area (Å²) in [4.78, 5) is 26.6. The van der Waals surface area contributed by atoms with Gasteiger partial charge in [0.05, 0.1) is 6.10 Å². The third kappa shape index (κ3) is 3.03. The molecule has 2 amide bonds. The Morgan fingerprint density at radius 1 is 1.23 bits per heavy atom. The predicted molar refractivity (Wildman–Crippen MR) is 83.8 cm³/mol. The first-order chi connectivity index (χ1) is 10.6. The van der Waals surface area contributed by atoms with Crippen LogP contribution in [0.15, 0.2) is 24.3 Å². The molecule has 3 rings (SSSR count). The molecule has 0 aromatic heterocycles. The topological polar surface area (TPSA) is 46.6 Å². The van der Waals surface area contributed by atoms with E-state index in [0.29, 0.717) is 17.1 Å². The first kappa shape index (κ1) is 15.5. The highest BCUT2D eigenvalue weighted by atomic mass is 35.5. The highest BCUT2D eigenvalue weighted by Gasteiger charge is 2.39. The predicted octanol–water partition coefficient (Wildman–Crippen LogP) is 3.29. The van der Waals surface area contributed by atoms with Crippen LogP contribution in [0, 0.1) is 5.92 Å². The number of fused-ring (bicyclic) bond motifs is 1. The summed E-state index contributed by atoms with van der Waals surface area (Å²) in [7, 11) is 0. The molecule has 3 unspecified atom stereocenters. The molecule has 1 heterocycles. The van der Waals surface area contributed by atoms with Gasteiger partial charge in [0.2, 0.25) is 0 Å². The van der Waals surface area contributed by atoms with Crippen LogP contribution in [0.2, 0.25) is 5.02 Å². The van der Waals surface area contributed by atoms with Gasteiger partial charge in [-0.05, 0) is 44.0 Å². The Morgan fingerprint density at radius 3 is 2.64 bits per heavy atom. The molecule has 1 saturated heterocycles. The Balaban J connectivity index is 1.85. The Morgan fingerprint density at radius 2 is 1.91 bits per heavy atom. The molecule has 22 heavy (non-hydrogen) atoms. The van der Waals surface area contributed by atoms with Gasteiger partial charge in [0.1, 0.15) is 6.10 Å². The van der Waals surface area contributed by atoms with Crippen LogP contribution in [-0.2, 0) is 9.53 Å². The molecule has 1 saturated carbocycles. The van der Waals surface area contributed by atoms with Gasteiger partial charge in [-0.2, -0.15) is 0 Å². The van der Waals surface area contributed by atoms with E-state index in [1.165, 1.54) is 4.90 Å². The molecule has 118 valence electrons. The lowest BCUT2D eigenvalue weighted by atomic mass is 9.86. The third-order valence-corrected chi connectivity index (χ3v) is 4.84. The summed E-state index contributed by atoms with van der Waals surface area (Å²) < 4.78 is 5.90. The number of benzene rings is 1. The first-order valence-corrected chi connectivity index (χ1v) is 8.21. The lowest BCUT2D eigenvalue weighted by Gasteiger charge is -2.30. The van der Waals surface area contributed by atoms with E-state index in [0.717, 1.165) is 25.7 Å². The lowest BCUT2D eigenvalue weighted by Crippen LogP contribution is -2.43. The molecule has 5 heteroatoms. The van der Waals surface area contributed by atoms with E-state index in [9.17, 15) is 9.59 Å². The van der Waals surface area contributed by atoms with Gasteiger partial charge in [-0.25, -0.2) is 0 Å². The van der Waals surface area contributed by atoms with E-state index in [4.69, 9.17) is 16.3 Å². The standard InChI is InChI=1S/C17H20ClNO3/c1-11-16(20)19(10-13-4-2-3-5-15(13)22-11)17(21)12-6-8-14(18)9-7-12/h6-9,11,13,15H,2-5,10H2,1H3. The number of nitrogens with zero attached hydrogens (tertiary/aromatic N) is 1. The van der Waals surface area contributed by atoms with E-state index in [1.807, 2.05) is 0 Å². The number of rotatable bonds is 1. The second-order valence-corrected chi connectivity index (χ2v) is 6.56. The van der Waals surface area contributed by atoms with Crippen molar-refractivity contribution < 1.29 is 14.3 Å². The summed E-state index contributed by atoms with van der Waals surface area (Å²) in [6, 6.07) is 6.65. The maximum Gasteiger partial charge on any atom is 0.260 e. The Kier molecular flexibility index (Phi) is 4.50. The van der Waals surface area contributed by atoms with Crippen LogP contribution < -0.4 is 0 Å². The SMILES string of the molecule is CC1OC2CCCCC2CN(C(=O)c2ccc(Cl)cc2)C1=O. The van der Waals surface area contributed by atoms with Crippen molar-refractivity contribution in [3.8, 4) is 0 Å². The van der Waals surface area contributed by atoms with E-state index in [2.05, 4.69) is 0 Å². The number of imide groups is 1. The summed E-state index contributed by atoms with van der Waals surface area (Å²) in [5.74, 6) is -0.253. The molecule has 1 aliphatic heterocycles. The van der Waals surface area contributed by atoms with E-state index in [1.54, 1.807) is 31.2 Å². The van der Waals surface area contributed by atoms with Crippen LogP contribution in [0.4, 0.5) is 0 Å². The van der Waals surface area contributed by atoms with Crippen molar-refractivity contribution in [2.75, 3.05) is 6.54 Å². The molecule has 2 fully saturated rings. The van der Waals surface area contributed by atoms with Gasteiger partial charge in [0, 0.05) is 23.0 Å². The second kappa shape index (κ2) is 6.39. The van der Waals surface area contributed by atoms with E-state index in [-0.39, 0.29) is 23.8 Å². The summed E-state index contributed by atoms with van der Waals surface area (Å²) >= 11 is 5.86. The largest absolute Gasteiger partial charge is 0.365 e. The highest BCUT2D eigenvalue weighted by molar-refractivity contribution is 6.30. The van der Waals surface area contributed by atoms with Crippen molar-refractivity contribution in [1.82, 2.24) is 4.90 Å². The van der Waals surface area contributed by atoms with Crippen LogP contribution >= 0.6 is 11.6 Å². The monoisotopic (exact) mass is 321 g/mol. The number of carbonyl (C=O) groups excluding carboxylic acids is 2. The van der Waals surface area contributed by atoms with Gasteiger partial charge < -0.3 is 4.74 Å². The summed E-state index contributed by atoms with van der Waals surface area (Å²) in [6.07, 6.45) is 3.78. The molecule has 0 bridgehead atoms. The second-order valence-electron chi connectivity index (χ2n) is 6.12. The van der Waals surface area contributed by atoms with E-state index >= 15 is 0 Å². The molecule has 1 aliphatic carbocycles. The zero-order chi connectivity index (χ0) is 15.7. The molecule has 3 atom stereocenters. The van der Waals surface area contributed by atoms with Gasteiger partial charge in [-0.1, -0.05) is 24.4 Å². The third-order valence-electron chi connectivity index (χ3n) is 4.59. The maximum atomic E-state index is 12.7. The van der Waals surface area contributed by atoms with Crippen molar-refractivity contribution >= 4 is 23.4 Å². The first-order valence-electron chi connectivity index (χ1n) is 7.83. The van der Waals surface area contributed by atoms with Crippen LogP contribution in [0.25, 0.3) is 0 Å². The summed E-state index contributed by atoms with van der Waals surface area (Å²) in [5, 5.41) is 0.572. The summed E-state index contributed by atoms with van der Waals surface area (Å²) in [5.41, 5.74) is 0.485. The maximum absolute atomic E-state index is 12.7. The molecule has 0 radical (unpaired) electrons. The minimum atomic E-state index is -0.565. The van der Waals surface area contributed by atoms with Crippen LogP contribution in [0.1, 0.15) is 43.0 Å². The number of hydrogen-bond donors (Lipinski definition) is 0. The van der Waals surface area contributed by atoms with Crippen LogP contribution in [-0.4, -0.2) is 35.5 Å². The molecule has 0 spiro atoms. The minimum Gasteiger partial charge on any atom is -0.365 e. The average Bonchev–Trinajstić information content (AvgIpc) is 2.65. The average molecular weight is 322 g/mol. The fourth-order valence-corrected chi connectivity index (χ4v) is 3.48. The lowest BCUT2D eigenvalue weighted by molar-refractivity contribution is -0.140. The van der Waals surface area contributed by atoms with Crippen molar-refractivity contribution in [2.24, 2.45) is 5.92 Å². The number of ether oxygens (including phenoxy) is 1. The van der Waals surface area contributed by atoms with E-state index < -0.39 is 6.10 Å². The molecular weight excluding hydrogens is 302 g/mol. The molecule has 2 aliphatic rings. The smallest absolute Gasteiger partial charge is 0.260 e. The van der Waals surface area contributed by atoms with Gasteiger partial charge >= 0.3 is 0 Å². The molecule has 1 aromatic carbocycles. The number of halogens is 1. The summed E-state index contributed by atoms with van der Waals surface area (Å²) in [6.45, 7) is 2.19. The zero-order valence-electron chi connectivity index (χ0n) is 12.6. The number of carbonyl (C=O) groups is 2. The fraction of sp³-hybridized carbons (Fsp3) is 0.529. The molecule has 1 aromatic rings. The number of hydrogen-bond acceptors (Lipinski definition) is 3. The Hall–Kier alpha value is -1.39. The zero-order valence-corrected chi connectivity index (χ0v) is 13.4. The quantitative estimate of drug-likeness (QED) is 0.746. The van der Waals surface area contributed by atoms with Gasteiger partial charge in [0.15, 0.2) is 0 Å². The van der Waals surface area contributed by atoms with Crippen molar-refractivity contribution in [3.63, 3.8) is 0 Å². The van der Waals surface area contributed by atoms with Gasteiger partial charge in [-0.15, -0.1) is 0 Å². The van der Waals surface area contributed by atoms with Crippen molar-refractivity contribution in [2.45, 2.75) is 44.8 Å². The molecule has 4 nitrogen and oxygen atoms in total. The van der Waals surface area contributed by atoms with Gasteiger partial charge in [0.25, 0.3) is 11.8 Å². The van der Waals surface area contributed by atoms with Gasteiger partial charge in [-0.3, -0.25) is 14.5 Å². The molecule has 0 N–H and O–H groups in total. The van der Waals surface area contributed by atoms with Crippen molar-refractivity contribution in [1.29, 1.82) is 0 Å². The Bertz CT molecular complexity index is 572.